The van der Waals surface area contributed by atoms with E-state index in [-0.39, 0.29) is 31.0 Å². The molecule has 0 radical (unpaired) electrons. The van der Waals surface area contributed by atoms with Crippen LogP contribution in [0.15, 0.2) is 36.4 Å². The fourth-order valence-corrected chi connectivity index (χ4v) is 5.25. The van der Waals surface area contributed by atoms with Gasteiger partial charge in [0, 0.05) is 37.5 Å². The standard InChI is InChI=1S/C15H13Cl3FNO.C6H16Si/c16-10-3-1-9(2-4-10)7-20-8-13(21)14-11(17)5-6-12(19)15(14)18;1-4-7(5-2)6-3/h1-6,13,20-21H,7-8H2;7H,4-6H2,1-3H3. The number of hydrogen-bond acceptors (Lipinski definition) is 2. The number of hydrogen-bond donors (Lipinski definition) is 2. The molecule has 0 bridgehead atoms. The molecular weight excluding hydrogens is 436 g/mol. The van der Waals surface area contributed by atoms with Crippen molar-refractivity contribution in [3.05, 3.63) is 68.4 Å². The molecule has 1 unspecified atom stereocenters. The van der Waals surface area contributed by atoms with Gasteiger partial charge in [0.15, 0.2) is 0 Å². The lowest BCUT2D eigenvalue weighted by Crippen LogP contribution is -2.21. The quantitative estimate of drug-likeness (QED) is 0.329. The molecule has 0 fully saturated rings. The molecule has 2 aromatic carbocycles. The molecule has 2 aromatic rings. The second-order valence-electron chi connectivity index (χ2n) is 6.62. The van der Waals surface area contributed by atoms with E-state index in [4.69, 9.17) is 34.8 Å². The topological polar surface area (TPSA) is 32.3 Å². The van der Waals surface area contributed by atoms with Crippen molar-refractivity contribution in [3.63, 3.8) is 0 Å². The Morgan fingerprint density at radius 3 is 2.04 bits per heavy atom. The Morgan fingerprint density at radius 1 is 0.964 bits per heavy atom. The SMILES string of the molecule is CC[SiH](CC)CC.OC(CNCc1ccc(Cl)cc1)c1c(Cl)ccc(F)c1Cl. The monoisotopic (exact) mass is 463 g/mol. The molecule has 0 saturated carbocycles. The molecule has 0 aliphatic rings. The predicted molar refractivity (Wildman–Crippen MR) is 123 cm³/mol. The van der Waals surface area contributed by atoms with Crippen molar-refractivity contribution in [2.24, 2.45) is 0 Å². The van der Waals surface area contributed by atoms with E-state index < -0.39 is 11.9 Å². The van der Waals surface area contributed by atoms with Crippen LogP contribution in [0.5, 0.6) is 0 Å². The van der Waals surface area contributed by atoms with Crippen LogP contribution in [-0.2, 0) is 6.54 Å². The summed E-state index contributed by atoms with van der Waals surface area (Å²) in [5.41, 5.74) is 1.21. The lowest BCUT2D eigenvalue weighted by Gasteiger charge is -2.15. The molecule has 28 heavy (non-hydrogen) atoms. The van der Waals surface area contributed by atoms with Crippen molar-refractivity contribution in [1.82, 2.24) is 5.32 Å². The molecule has 0 aliphatic heterocycles. The van der Waals surface area contributed by atoms with Gasteiger partial charge in [-0.15, -0.1) is 0 Å². The van der Waals surface area contributed by atoms with Gasteiger partial charge in [-0.3, -0.25) is 0 Å². The second-order valence-corrected chi connectivity index (χ2v) is 12.0. The third kappa shape index (κ3) is 8.40. The smallest absolute Gasteiger partial charge is 0.142 e. The Morgan fingerprint density at radius 2 is 1.54 bits per heavy atom. The van der Waals surface area contributed by atoms with Crippen LogP contribution >= 0.6 is 34.8 Å². The summed E-state index contributed by atoms with van der Waals surface area (Å²) in [6, 6.07) is 14.4. The average Bonchev–Trinajstić information content (AvgIpc) is 2.68. The van der Waals surface area contributed by atoms with Gasteiger partial charge >= 0.3 is 0 Å². The average molecular weight is 465 g/mol. The number of aliphatic hydroxyl groups is 1. The van der Waals surface area contributed by atoms with E-state index in [1.54, 1.807) is 12.1 Å². The third-order valence-corrected chi connectivity index (χ3v) is 9.15. The van der Waals surface area contributed by atoms with Crippen LogP contribution in [0.2, 0.25) is 33.2 Å². The lowest BCUT2D eigenvalue weighted by molar-refractivity contribution is 0.174. The first kappa shape index (κ1) is 25.4. The molecule has 0 aromatic heterocycles. The van der Waals surface area contributed by atoms with Gasteiger partial charge in [0.1, 0.15) is 5.82 Å². The Kier molecular flexibility index (Phi) is 12.3. The van der Waals surface area contributed by atoms with Gasteiger partial charge in [0.05, 0.1) is 11.1 Å². The molecule has 1 atom stereocenters. The van der Waals surface area contributed by atoms with Crippen LogP contribution < -0.4 is 5.32 Å². The molecule has 0 amide bonds. The van der Waals surface area contributed by atoms with E-state index in [9.17, 15) is 9.50 Å². The second kappa shape index (κ2) is 13.6. The normalized spacial score (nSPS) is 11.9. The van der Waals surface area contributed by atoms with Gasteiger partial charge < -0.3 is 10.4 Å². The largest absolute Gasteiger partial charge is 0.387 e. The molecular formula is C21H29Cl3FNOSi. The molecule has 2 rings (SSSR count). The van der Waals surface area contributed by atoms with E-state index in [0.717, 1.165) is 5.56 Å². The predicted octanol–water partition coefficient (Wildman–Crippen LogP) is 6.88. The van der Waals surface area contributed by atoms with E-state index >= 15 is 0 Å². The van der Waals surface area contributed by atoms with Crippen molar-refractivity contribution in [2.45, 2.75) is 51.6 Å². The van der Waals surface area contributed by atoms with Crippen LogP contribution in [0.25, 0.3) is 0 Å². The minimum Gasteiger partial charge on any atom is -0.387 e. The zero-order chi connectivity index (χ0) is 21.1. The van der Waals surface area contributed by atoms with Crippen molar-refractivity contribution >= 4 is 43.6 Å². The molecule has 0 saturated heterocycles. The summed E-state index contributed by atoms with van der Waals surface area (Å²) in [5.74, 6) is -0.604. The zero-order valence-electron chi connectivity index (χ0n) is 16.6. The van der Waals surface area contributed by atoms with Gasteiger partial charge in [-0.1, -0.05) is 85.8 Å². The highest BCUT2D eigenvalue weighted by Gasteiger charge is 2.18. The zero-order valence-corrected chi connectivity index (χ0v) is 20.0. The Bertz CT molecular complexity index is 706. The number of halogens is 4. The van der Waals surface area contributed by atoms with Gasteiger partial charge in [0.2, 0.25) is 0 Å². The summed E-state index contributed by atoms with van der Waals surface area (Å²) < 4.78 is 13.4. The van der Waals surface area contributed by atoms with Crippen molar-refractivity contribution in [3.8, 4) is 0 Å². The fourth-order valence-electron chi connectivity index (χ4n) is 2.77. The van der Waals surface area contributed by atoms with E-state index in [1.807, 2.05) is 12.1 Å². The first-order valence-electron chi connectivity index (χ1n) is 9.60. The highest BCUT2D eigenvalue weighted by Crippen LogP contribution is 2.32. The molecule has 156 valence electrons. The molecule has 0 spiro atoms. The lowest BCUT2D eigenvalue weighted by atomic mass is 10.1. The van der Waals surface area contributed by atoms with Crippen molar-refractivity contribution < 1.29 is 9.50 Å². The number of rotatable bonds is 8. The van der Waals surface area contributed by atoms with Crippen molar-refractivity contribution in [2.75, 3.05) is 6.54 Å². The molecule has 0 heterocycles. The maximum absolute atomic E-state index is 13.4. The highest BCUT2D eigenvalue weighted by atomic mass is 35.5. The van der Waals surface area contributed by atoms with Gasteiger partial charge in [-0.05, 0) is 29.8 Å². The van der Waals surface area contributed by atoms with Crippen LogP contribution in [-0.4, -0.2) is 20.4 Å². The van der Waals surface area contributed by atoms with Gasteiger partial charge in [-0.2, -0.15) is 0 Å². The fraction of sp³-hybridized carbons (Fsp3) is 0.429. The molecule has 7 heteroatoms. The highest BCUT2D eigenvalue weighted by molar-refractivity contribution is 6.58. The Balaban J connectivity index is 0.000000480. The van der Waals surface area contributed by atoms with Crippen LogP contribution in [0.1, 0.15) is 38.0 Å². The van der Waals surface area contributed by atoms with Crippen LogP contribution in [0, 0.1) is 5.82 Å². The summed E-state index contributed by atoms with van der Waals surface area (Å²) >= 11 is 17.6. The summed E-state index contributed by atoms with van der Waals surface area (Å²) in [7, 11) is -0.171. The first-order valence-corrected chi connectivity index (χ1v) is 13.2. The number of aliphatic hydroxyl groups excluding tert-OH is 1. The Labute approximate surface area is 184 Å². The Hall–Kier alpha value is -0.623. The summed E-state index contributed by atoms with van der Waals surface area (Å²) in [5, 5.41) is 13.9. The van der Waals surface area contributed by atoms with E-state index in [1.165, 1.54) is 30.3 Å². The van der Waals surface area contributed by atoms with E-state index in [2.05, 4.69) is 26.1 Å². The van der Waals surface area contributed by atoms with Gasteiger partial charge in [-0.25, -0.2) is 4.39 Å². The molecule has 0 aliphatic carbocycles. The molecule has 2 nitrogen and oxygen atoms in total. The maximum atomic E-state index is 13.4. The summed E-state index contributed by atoms with van der Waals surface area (Å²) in [4.78, 5) is 0. The maximum Gasteiger partial charge on any atom is 0.142 e. The molecule has 2 N–H and O–H groups in total. The third-order valence-electron chi connectivity index (χ3n) is 4.72. The summed E-state index contributed by atoms with van der Waals surface area (Å²) in [6.07, 6.45) is -0.993. The van der Waals surface area contributed by atoms with Crippen LogP contribution in [0.4, 0.5) is 4.39 Å². The summed E-state index contributed by atoms with van der Waals surface area (Å²) in [6.45, 7) is 7.71. The van der Waals surface area contributed by atoms with Gasteiger partial charge in [0.25, 0.3) is 0 Å². The number of nitrogens with one attached hydrogen (secondary N) is 1. The van der Waals surface area contributed by atoms with E-state index in [0.29, 0.717) is 11.6 Å². The number of benzene rings is 2. The minimum absolute atomic E-state index is 0.150. The van der Waals surface area contributed by atoms with Crippen molar-refractivity contribution in [1.29, 1.82) is 0 Å². The minimum atomic E-state index is -0.993. The first-order chi connectivity index (χ1) is 13.3. The van der Waals surface area contributed by atoms with Crippen LogP contribution in [0.3, 0.4) is 0 Å².